The summed E-state index contributed by atoms with van der Waals surface area (Å²) in [5, 5.41) is 11.1. The highest BCUT2D eigenvalue weighted by atomic mass is 32.2. The molecule has 7 heteroatoms. The van der Waals surface area contributed by atoms with Crippen LogP contribution in [0.4, 0.5) is 6.01 Å². The Morgan fingerprint density at radius 1 is 1.07 bits per heavy atom. The minimum Gasteiger partial charge on any atom is -0.491 e. The number of carbonyl (C=O) groups is 1. The van der Waals surface area contributed by atoms with Gasteiger partial charge in [0.2, 0.25) is 5.89 Å². The number of nitrogens with zero attached hydrogens (tertiary/aromatic N) is 2. The zero-order valence-electron chi connectivity index (χ0n) is 16.3. The number of amides is 1. The van der Waals surface area contributed by atoms with Gasteiger partial charge >= 0.3 is 6.01 Å². The smallest absolute Gasteiger partial charge is 0.322 e. The Balaban J connectivity index is 1.68. The lowest BCUT2D eigenvalue weighted by Crippen LogP contribution is -2.12. The molecular weight excluding hydrogens is 374 g/mol. The van der Waals surface area contributed by atoms with Crippen LogP contribution in [0.2, 0.25) is 0 Å². The van der Waals surface area contributed by atoms with E-state index >= 15 is 0 Å². The molecule has 3 rings (SSSR count). The number of thioether (sulfide) groups is 1. The number of nitrogens with one attached hydrogen (secondary N) is 1. The molecule has 146 valence electrons. The van der Waals surface area contributed by atoms with Crippen molar-refractivity contribution >= 4 is 23.7 Å². The Morgan fingerprint density at radius 3 is 2.50 bits per heavy atom. The van der Waals surface area contributed by atoms with E-state index in [4.69, 9.17) is 9.15 Å². The summed E-state index contributed by atoms with van der Waals surface area (Å²) in [7, 11) is 0. The zero-order chi connectivity index (χ0) is 20.1. The van der Waals surface area contributed by atoms with E-state index in [0.717, 1.165) is 10.5 Å². The Hall–Kier alpha value is -2.80. The third kappa shape index (κ3) is 5.36. The molecule has 2 aromatic carbocycles. The molecule has 0 aliphatic heterocycles. The highest BCUT2D eigenvalue weighted by Gasteiger charge is 2.13. The van der Waals surface area contributed by atoms with Crippen molar-refractivity contribution in [3.8, 4) is 17.2 Å². The molecule has 0 saturated heterocycles. The van der Waals surface area contributed by atoms with E-state index in [1.54, 1.807) is 36.0 Å². The number of ether oxygens (including phenoxy) is 1. The lowest BCUT2D eigenvalue weighted by atomic mass is 10.2. The molecule has 3 aromatic rings. The number of rotatable bonds is 7. The lowest BCUT2D eigenvalue weighted by molar-refractivity contribution is 0.102. The molecule has 0 bridgehead atoms. The topological polar surface area (TPSA) is 77.2 Å². The summed E-state index contributed by atoms with van der Waals surface area (Å²) in [6.07, 6.45) is 0.0777. The maximum absolute atomic E-state index is 12.4. The second kappa shape index (κ2) is 8.93. The molecule has 0 fully saturated rings. The first-order chi connectivity index (χ1) is 13.4. The van der Waals surface area contributed by atoms with Crippen LogP contribution in [0.25, 0.3) is 11.5 Å². The molecule has 1 N–H and O–H groups in total. The molecule has 1 amide bonds. The van der Waals surface area contributed by atoms with Crippen LogP contribution < -0.4 is 10.1 Å². The van der Waals surface area contributed by atoms with Gasteiger partial charge < -0.3 is 9.15 Å². The van der Waals surface area contributed by atoms with Gasteiger partial charge in [0.05, 0.1) is 6.10 Å². The fourth-order valence-electron chi connectivity index (χ4n) is 2.49. The van der Waals surface area contributed by atoms with Gasteiger partial charge in [-0.05, 0) is 56.3 Å². The standard InChI is InChI=1S/C21H23N3O3S/c1-13(2)26-17-10-8-15(9-11-17)19(25)22-21-24-23-20(27-21)16-6-5-7-18(12-16)28-14(3)4/h5-14H,1-4H3,(H,22,24,25). The van der Waals surface area contributed by atoms with Crippen LogP contribution in [0.1, 0.15) is 38.1 Å². The summed E-state index contributed by atoms with van der Waals surface area (Å²) in [5.41, 5.74) is 1.29. The predicted octanol–water partition coefficient (Wildman–Crippen LogP) is 5.28. The van der Waals surface area contributed by atoms with Crippen molar-refractivity contribution in [2.24, 2.45) is 0 Å². The first-order valence-corrected chi connectivity index (χ1v) is 9.97. The number of hydrogen-bond acceptors (Lipinski definition) is 6. The first-order valence-electron chi connectivity index (χ1n) is 9.09. The first kappa shape index (κ1) is 19.9. The van der Waals surface area contributed by atoms with Crippen molar-refractivity contribution in [2.75, 3.05) is 5.32 Å². The van der Waals surface area contributed by atoms with Gasteiger partial charge in [-0.2, -0.15) is 0 Å². The van der Waals surface area contributed by atoms with Crippen LogP contribution in [0.5, 0.6) is 5.75 Å². The molecule has 1 heterocycles. The molecule has 0 aliphatic rings. The van der Waals surface area contributed by atoms with Crippen LogP contribution in [-0.4, -0.2) is 27.5 Å². The van der Waals surface area contributed by atoms with Crippen molar-refractivity contribution < 1.29 is 13.9 Å². The van der Waals surface area contributed by atoms with Crippen LogP contribution in [0, 0.1) is 0 Å². The SMILES string of the molecule is CC(C)Oc1ccc(C(=O)Nc2nnc(-c3cccc(SC(C)C)c3)o2)cc1. The predicted molar refractivity (Wildman–Crippen MR) is 111 cm³/mol. The maximum atomic E-state index is 12.4. The van der Waals surface area contributed by atoms with Gasteiger partial charge in [-0.1, -0.05) is 25.0 Å². The zero-order valence-corrected chi connectivity index (χ0v) is 17.1. The molecule has 6 nitrogen and oxygen atoms in total. The van der Waals surface area contributed by atoms with Crippen LogP contribution >= 0.6 is 11.8 Å². The monoisotopic (exact) mass is 397 g/mol. The van der Waals surface area contributed by atoms with E-state index in [0.29, 0.717) is 22.5 Å². The van der Waals surface area contributed by atoms with Crippen molar-refractivity contribution in [1.82, 2.24) is 10.2 Å². The Kier molecular flexibility index (Phi) is 6.36. The molecule has 0 saturated carbocycles. The quantitative estimate of drug-likeness (QED) is 0.547. The maximum Gasteiger partial charge on any atom is 0.322 e. The van der Waals surface area contributed by atoms with Gasteiger partial charge in [0, 0.05) is 21.3 Å². The van der Waals surface area contributed by atoms with E-state index < -0.39 is 0 Å². The highest BCUT2D eigenvalue weighted by molar-refractivity contribution is 7.99. The Labute approximate surface area is 168 Å². The second-order valence-corrected chi connectivity index (χ2v) is 8.40. The number of anilines is 1. The van der Waals surface area contributed by atoms with Gasteiger partial charge in [0.1, 0.15) is 5.75 Å². The van der Waals surface area contributed by atoms with Gasteiger partial charge in [0.15, 0.2) is 0 Å². The third-order valence-corrected chi connectivity index (χ3v) is 4.58. The van der Waals surface area contributed by atoms with Crippen LogP contribution in [0.15, 0.2) is 57.8 Å². The number of hydrogen-bond donors (Lipinski definition) is 1. The fraction of sp³-hybridized carbons (Fsp3) is 0.286. The summed E-state index contributed by atoms with van der Waals surface area (Å²) >= 11 is 1.76. The van der Waals surface area contributed by atoms with Crippen LogP contribution in [-0.2, 0) is 0 Å². The van der Waals surface area contributed by atoms with Crippen molar-refractivity contribution in [3.05, 3.63) is 54.1 Å². The van der Waals surface area contributed by atoms with Crippen molar-refractivity contribution in [1.29, 1.82) is 0 Å². The minimum absolute atomic E-state index is 0.0597. The van der Waals surface area contributed by atoms with Gasteiger partial charge in [-0.15, -0.1) is 16.9 Å². The number of aromatic nitrogens is 2. The Morgan fingerprint density at radius 2 is 1.82 bits per heavy atom. The highest BCUT2D eigenvalue weighted by Crippen LogP contribution is 2.28. The number of benzene rings is 2. The molecule has 0 aliphatic carbocycles. The summed E-state index contributed by atoms with van der Waals surface area (Å²) in [6.45, 7) is 8.17. The molecule has 1 aromatic heterocycles. The average Bonchev–Trinajstić information content (AvgIpc) is 3.10. The molecular formula is C21H23N3O3S. The van der Waals surface area contributed by atoms with Crippen LogP contribution in [0.3, 0.4) is 0 Å². The summed E-state index contributed by atoms with van der Waals surface area (Å²) in [4.78, 5) is 13.5. The van der Waals surface area contributed by atoms with E-state index in [2.05, 4.69) is 29.4 Å². The van der Waals surface area contributed by atoms with E-state index in [9.17, 15) is 4.79 Å². The Bertz CT molecular complexity index is 936. The van der Waals surface area contributed by atoms with E-state index in [-0.39, 0.29) is 18.0 Å². The summed E-state index contributed by atoms with van der Waals surface area (Å²) in [6, 6.07) is 14.8. The van der Waals surface area contributed by atoms with Gasteiger partial charge in [0.25, 0.3) is 5.91 Å². The molecule has 0 radical (unpaired) electrons. The average molecular weight is 398 g/mol. The summed E-state index contributed by atoms with van der Waals surface area (Å²) < 4.78 is 11.2. The number of carbonyl (C=O) groups excluding carboxylic acids is 1. The molecule has 28 heavy (non-hydrogen) atoms. The van der Waals surface area contributed by atoms with Crippen molar-refractivity contribution in [3.63, 3.8) is 0 Å². The fourth-order valence-corrected chi connectivity index (χ4v) is 3.39. The third-order valence-electron chi connectivity index (χ3n) is 3.59. The lowest BCUT2D eigenvalue weighted by Gasteiger charge is -2.09. The van der Waals surface area contributed by atoms with Gasteiger partial charge in [-0.3, -0.25) is 10.1 Å². The van der Waals surface area contributed by atoms with Crippen molar-refractivity contribution in [2.45, 2.75) is 43.9 Å². The summed E-state index contributed by atoms with van der Waals surface area (Å²) in [5.74, 6) is 0.753. The van der Waals surface area contributed by atoms with E-state index in [1.165, 1.54) is 0 Å². The molecule has 0 atom stereocenters. The molecule has 0 unspecified atom stereocenters. The normalized spacial score (nSPS) is 11.1. The van der Waals surface area contributed by atoms with Gasteiger partial charge in [-0.25, -0.2) is 0 Å². The molecule has 0 spiro atoms. The minimum atomic E-state index is -0.324. The second-order valence-electron chi connectivity index (χ2n) is 6.75. The largest absolute Gasteiger partial charge is 0.491 e. The van der Waals surface area contributed by atoms with E-state index in [1.807, 2.05) is 38.1 Å².